The molecule has 1 aromatic rings. The lowest BCUT2D eigenvalue weighted by Crippen LogP contribution is -2.47. The summed E-state index contributed by atoms with van der Waals surface area (Å²) in [5, 5.41) is 10.9. The Morgan fingerprint density at radius 2 is 2.06 bits per heavy atom. The van der Waals surface area contributed by atoms with Gasteiger partial charge in [-0.3, -0.25) is 0 Å². The molecule has 3 heteroatoms. The van der Waals surface area contributed by atoms with Gasteiger partial charge in [-0.1, -0.05) is 31.0 Å². The van der Waals surface area contributed by atoms with Gasteiger partial charge in [0, 0.05) is 12.5 Å². The van der Waals surface area contributed by atoms with Crippen LogP contribution in [0.2, 0.25) is 0 Å². The third-order valence-electron chi connectivity index (χ3n) is 3.87. The van der Waals surface area contributed by atoms with E-state index < -0.39 is 5.60 Å². The van der Waals surface area contributed by atoms with Gasteiger partial charge < -0.3 is 10.0 Å². The van der Waals surface area contributed by atoms with E-state index in [2.05, 4.69) is 0 Å². The van der Waals surface area contributed by atoms with Crippen molar-refractivity contribution in [2.45, 2.75) is 37.2 Å². The van der Waals surface area contributed by atoms with Gasteiger partial charge in [-0.05, 0) is 38.6 Å². The van der Waals surface area contributed by atoms with E-state index in [1.54, 1.807) is 6.07 Å². The molecule has 0 bridgehead atoms. The molecule has 100 valence electrons. The fourth-order valence-electron chi connectivity index (χ4n) is 3.16. The highest BCUT2D eigenvalue weighted by atomic mass is 19.1. The van der Waals surface area contributed by atoms with Crippen molar-refractivity contribution in [3.8, 4) is 0 Å². The molecule has 2 unspecified atom stereocenters. The highest BCUT2D eigenvalue weighted by Crippen LogP contribution is 2.42. The maximum Gasteiger partial charge on any atom is 0.126 e. The second-order valence-electron chi connectivity index (χ2n) is 5.66. The molecule has 0 amide bonds. The van der Waals surface area contributed by atoms with Gasteiger partial charge in [-0.15, -0.1) is 0 Å². The van der Waals surface area contributed by atoms with Crippen molar-refractivity contribution in [3.05, 3.63) is 35.6 Å². The van der Waals surface area contributed by atoms with Crippen molar-refractivity contribution in [1.29, 1.82) is 0 Å². The summed E-state index contributed by atoms with van der Waals surface area (Å²) in [4.78, 5) is 1.99. The van der Waals surface area contributed by atoms with Gasteiger partial charge in [0.15, 0.2) is 0 Å². The molecular formula is C15H22FNO. The molecule has 1 aromatic carbocycles. The Kier molecular flexibility index (Phi) is 4.03. The highest BCUT2D eigenvalue weighted by Gasteiger charge is 2.41. The maximum absolute atomic E-state index is 13.9. The van der Waals surface area contributed by atoms with E-state index in [1.165, 1.54) is 6.07 Å². The minimum Gasteiger partial charge on any atom is -0.388 e. The van der Waals surface area contributed by atoms with E-state index in [1.807, 2.05) is 31.1 Å². The van der Waals surface area contributed by atoms with Crippen LogP contribution in [0.25, 0.3) is 0 Å². The molecule has 0 saturated heterocycles. The molecule has 0 heterocycles. The van der Waals surface area contributed by atoms with Gasteiger partial charge in [0.05, 0.1) is 5.60 Å². The molecule has 2 atom stereocenters. The third kappa shape index (κ3) is 2.73. The lowest BCUT2D eigenvalue weighted by atomic mass is 9.71. The molecule has 0 spiro atoms. The van der Waals surface area contributed by atoms with Crippen LogP contribution >= 0.6 is 0 Å². The van der Waals surface area contributed by atoms with Crippen LogP contribution in [0.3, 0.4) is 0 Å². The number of halogens is 1. The number of hydrogen-bond acceptors (Lipinski definition) is 2. The van der Waals surface area contributed by atoms with E-state index in [4.69, 9.17) is 0 Å². The Hall–Kier alpha value is -0.930. The molecule has 0 aromatic heterocycles. The Morgan fingerprint density at radius 3 is 2.72 bits per heavy atom. The third-order valence-corrected chi connectivity index (χ3v) is 3.87. The Balaban J connectivity index is 2.31. The summed E-state index contributed by atoms with van der Waals surface area (Å²) in [6.45, 7) is 0.589. The quantitative estimate of drug-likeness (QED) is 0.893. The molecule has 1 aliphatic rings. The van der Waals surface area contributed by atoms with Gasteiger partial charge in [0.2, 0.25) is 0 Å². The molecule has 0 aliphatic heterocycles. The van der Waals surface area contributed by atoms with Gasteiger partial charge in [0.25, 0.3) is 0 Å². The smallest absolute Gasteiger partial charge is 0.126 e. The first-order valence-corrected chi connectivity index (χ1v) is 6.64. The van der Waals surface area contributed by atoms with Crippen molar-refractivity contribution in [1.82, 2.24) is 4.90 Å². The first-order chi connectivity index (χ1) is 8.53. The van der Waals surface area contributed by atoms with Gasteiger partial charge in [-0.2, -0.15) is 0 Å². The second kappa shape index (κ2) is 5.37. The van der Waals surface area contributed by atoms with Gasteiger partial charge in [-0.25, -0.2) is 4.39 Å². The largest absolute Gasteiger partial charge is 0.388 e. The highest BCUT2D eigenvalue weighted by molar-refractivity contribution is 5.26. The van der Waals surface area contributed by atoms with Crippen LogP contribution in [0.4, 0.5) is 4.39 Å². The number of benzene rings is 1. The lowest BCUT2D eigenvalue weighted by Gasteiger charge is -2.42. The summed E-state index contributed by atoms with van der Waals surface area (Å²) in [6, 6.07) is 6.85. The van der Waals surface area contributed by atoms with E-state index >= 15 is 0 Å². The Bertz CT molecular complexity index is 407. The van der Waals surface area contributed by atoms with Gasteiger partial charge >= 0.3 is 0 Å². The normalized spacial score (nSPS) is 28.6. The van der Waals surface area contributed by atoms with Crippen LogP contribution in [-0.4, -0.2) is 36.2 Å². The molecular weight excluding hydrogens is 229 g/mol. The molecule has 1 saturated carbocycles. The fraction of sp³-hybridized carbons (Fsp3) is 0.600. The van der Waals surface area contributed by atoms with Crippen molar-refractivity contribution >= 4 is 0 Å². The molecule has 2 rings (SSSR count). The summed E-state index contributed by atoms with van der Waals surface area (Å²) < 4.78 is 13.9. The molecule has 1 aliphatic carbocycles. The summed E-state index contributed by atoms with van der Waals surface area (Å²) in [6.07, 6.45) is 3.71. The molecule has 0 radical (unpaired) electrons. The SMILES string of the molecule is CN(C)CC1(O)CCCCC1c1ccccc1F. The summed E-state index contributed by atoms with van der Waals surface area (Å²) in [5.41, 5.74) is -0.134. The number of aliphatic hydroxyl groups is 1. The number of nitrogens with zero attached hydrogens (tertiary/aromatic N) is 1. The summed E-state index contributed by atoms with van der Waals surface area (Å²) in [7, 11) is 3.90. The average Bonchev–Trinajstić information content (AvgIpc) is 2.29. The lowest BCUT2D eigenvalue weighted by molar-refractivity contribution is -0.0361. The zero-order valence-electron chi connectivity index (χ0n) is 11.2. The molecule has 18 heavy (non-hydrogen) atoms. The minimum atomic E-state index is -0.802. The predicted octanol–water partition coefficient (Wildman–Crippen LogP) is 2.78. The first-order valence-electron chi connectivity index (χ1n) is 6.64. The number of rotatable bonds is 3. The van der Waals surface area contributed by atoms with E-state index in [0.29, 0.717) is 12.1 Å². The maximum atomic E-state index is 13.9. The van der Waals surface area contributed by atoms with E-state index in [-0.39, 0.29) is 11.7 Å². The number of likely N-dealkylation sites (N-methyl/N-ethyl adjacent to an activating group) is 1. The van der Waals surface area contributed by atoms with Crippen molar-refractivity contribution in [2.24, 2.45) is 0 Å². The van der Waals surface area contributed by atoms with Crippen LogP contribution < -0.4 is 0 Å². The van der Waals surface area contributed by atoms with Crippen molar-refractivity contribution in [2.75, 3.05) is 20.6 Å². The van der Waals surface area contributed by atoms with E-state index in [9.17, 15) is 9.50 Å². The fourth-order valence-corrected chi connectivity index (χ4v) is 3.16. The Morgan fingerprint density at radius 1 is 1.33 bits per heavy atom. The van der Waals surface area contributed by atoms with Crippen LogP contribution in [-0.2, 0) is 0 Å². The predicted molar refractivity (Wildman–Crippen MR) is 71.1 cm³/mol. The van der Waals surface area contributed by atoms with Crippen LogP contribution in [0.5, 0.6) is 0 Å². The number of hydrogen-bond donors (Lipinski definition) is 1. The zero-order valence-corrected chi connectivity index (χ0v) is 11.2. The monoisotopic (exact) mass is 251 g/mol. The Labute approximate surface area is 108 Å². The standard InChI is InChI=1S/C15H22FNO/c1-17(2)11-15(18)10-6-5-8-13(15)12-7-3-4-9-14(12)16/h3-4,7,9,13,18H,5-6,8,10-11H2,1-2H3. The van der Waals surface area contributed by atoms with E-state index in [0.717, 1.165) is 25.7 Å². The van der Waals surface area contributed by atoms with Crippen molar-refractivity contribution in [3.63, 3.8) is 0 Å². The topological polar surface area (TPSA) is 23.5 Å². The minimum absolute atomic E-state index is 0.0881. The average molecular weight is 251 g/mol. The van der Waals surface area contributed by atoms with Gasteiger partial charge in [0.1, 0.15) is 5.82 Å². The zero-order chi connectivity index (χ0) is 13.2. The molecule has 1 fully saturated rings. The summed E-state index contributed by atoms with van der Waals surface area (Å²) >= 11 is 0. The van der Waals surface area contributed by atoms with Crippen LogP contribution in [0.1, 0.15) is 37.2 Å². The second-order valence-corrected chi connectivity index (χ2v) is 5.66. The van der Waals surface area contributed by atoms with Crippen LogP contribution in [0, 0.1) is 5.82 Å². The molecule has 2 nitrogen and oxygen atoms in total. The molecule has 1 N–H and O–H groups in total. The van der Waals surface area contributed by atoms with Crippen LogP contribution in [0.15, 0.2) is 24.3 Å². The van der Waals surface area contributed by atoms with Crippen molar-refractivity contribution < 1.29 is 9.50 Å². The summed E-state index contributed by atoms with van der Waals surface area (Å²) in [5.74, 6) is -0.281. The first kappa shape index (κ1) is 13.5.